The molecule has 0 saturated carbocycles. The summed E-state index contributed by atoms with van der Waals surface area (Å²) in [6.45, 7) is 0.672. The number of hydrogen-bond acceptors (Lipinski definition) is 3. The van der Waals surface area contributed by atoms with Gasteiger partial charge in [-0.05, 0) is 23.6 Å². The van der Waals surface area contributed by atoms with Crippen molar-refractivity contribution in [3.63, 3.8) is 0 Å². The first-order valence-corrected chi connectivity index (χ1v) is 5.45. The fourth-order valence-electron chi connectivity index (χ4n) is 1.29. The van der Waals surface area contributed by atoms with Gasteiger partial charge in [0.1, 0.15) is 5.82 Å². The molecular weight excluding hydrogens is 211 g/mol. The van der Waals surface area contributed by atoms with Crippen molar-refractivity contribution >= 4 is 22.7 Å². The van der Waals surface area contributed by atoms with Crippen LogP contribution in [-0.4, -0.2) is 0 Å². The Morgan fingerprint density at radius 3 is 2.87 bits per heavy atom. The molecule has 1 heterocycles. The summed E-state index contributed by atoms with van der Waals surface area (Å²) in [5.74, 6) is -0.383. The van der Waals surface area contributed by atoms with E-state index in [4.69, 9.17) is 5.73 Å². The van der Waals surface area contributed by atoms with Gasteiger partial charge in [0.05, 0.1) is 11.4 Å². The Morgan fingerprint density at radius 2 is 2.13 bits per heavy atom. The van der Waals surface area contributed by atoms with Gasteiger partial charge < -0.3 is 11.1 Å². The number of nitrogens with one attached hydrogen (secondary N) is 1. The van der Waals surface area contributed by atoms with Crippen molar-refractivity contribution in [1.29, 1.82) is 0 Å². The Kier molecular flexibility index (Phi) is 2.87. The molecular formula is C11H11FN2S. The molecule has 0 radical (unpaired) electrons. The summed E-state index contributed by atoms with van der Waals surface area (Å²) < 4.78 is 13.1. The summed E-state index contributed by atoms with van der Waals surface area (Å²) >= 11 is 1.66. The van der Waals surface area contributed by atoms with E-state index in [9.17, 15) is 4.39 Å². The summed E-state index contributed by atoms with van der Waals surface area (Å²) in [5.41, 5.74) is 6.41. The van der Waals surface area contributed by atoms with Gasteiger partial charge in [-0.1, -0.05) is 12.1 Å². The van der Waals surface area contributed by atoms with Crippen LogP contribution in [-0.2, 0) is 6.54 Å². The molecule has 0 bridgehead atoms. The van der Waals surface area contributed by atoms with E-state index in [1.165, 1.54) is 10.9 Å². The molecule has 15 heavy (non-hydrogen) atoms. The second kappa shape index (κ2) is 4.31. The Balaban J connectivity index is 2.08. The van der Waals surface area contributed by atoms with Crippen LogP contribution in [0.3, 0.4) is 0 Å². The van der Waals surface area contributed by atoms with Crippen molar-refractivity contribution in [1.82, 2.24) is 0 Å². The number of nitrogen functional groups attached to an aromatic ring is 1. The zero-order valence-corrected chi connectivity index (χ0v) is 8.85. The maximum Gasteiger partial charge on any atom is 0.148 e. The Morgan fingerprint density at radius 1 is 1.27 bits per heavy atom. The molecule has 2 nitrogen and oxygen atoms in total. The fourth-order valence-corrected chi connectivity index (χ4v) is 1.93. The van der Waals surface area contributed by atoms with E-state index in [0.717, 1.165) is 0 Å². The summed E-state index contributed by atoms with van der Waals surface area (Å²) in [4.78, 5) is 1.19. The second-order valence-electron chi connectivity index (χ2n) is 3.13. The molecule has 1 aromatic heterocycles. The Labute approximate surface area is 91.5 Å². The number of anilines is 2. The standard InChI is InChI=1S/C11H11FN2S/c12-9-4-1-5-10(11(9)13)14-7-8-3-2-6-15-8/h1-6,14H,7,13H2. The molecule has 78 valence electrons. The van der Waals surface area contributed by atoms with Crippen LogP contribution < -0.4 is 11.1 Å². The van der Waals surface area contributed by atoms with Gasteiger partial charge in [0.2, 0.25) is 0 Å². The maximum absolute atomic E-state index is 13.1. The highest BCUT2D eigenvalue weighted by atomic mass is 32.1. The average molecular weight is 222 g/mol. The van der Waals surface area contributed by atoms with Gasteiger partial charge in [-0.3, -0.25) is 0 Å². The largest absolute Gasteiger partial charge is 0.395 e. The molecule has 0 aliphatic rings. The van der Waals surface area contributed by atoms with Gasteiger partial charge in [0.25, 0.3) is 0 Å². The Hall–Kier alpha value is -1.55. The lowest BCUT2D eigenvalue weighted by Gasteiger charge is -2.08. The molecule has 0 fully saturated rings. The maximum atomic E-state index is 13.1. The number of para-hydroxylation sites is 1. The van der Waals surface area contributed by atoms with E-state index in [-0.39, 0.29) is 11.5 Å². The molecule has 0 aliphatic carbocycles. The van der Waals surface area contributed by atoms with Crippen LogP contribution >= 0.6 is 11.3 Å². The topological polar surface area (TPSA) is 38.0 Å². The number of benzene rings is 1. The molecule has 2 aromatic rings. The lowest BCUT2D eigenvalue weighted by atomic mass is 10.2. The van der Waals surface area contributed by atoms with E-state index < -0.39 is 0 Å². The van der Waals surface area contributed by atoms with Crippen molar-refractivity contribution in [2.45, 2.75) is 6.54 Å². The molecule has 0 saturated heterocycles. The van der Waals surface area contributed by atoms with E-state index in [1.807, 2.05) is 17.5 Å². The first-order chi connectivity index (χ1) is 7.27. The highest BCUT2D eigenvalue weighted by Crippen LogP contribution is 2.22. The average Bonchev–Trinajstić information content (AvgIpc) is 2.73. The third-order valence-corrected chi connectivity index (χ3v) is 2.96. The zero-order valence-electron chi connectivity index (χ0n) is 8.03. The van der Waals surface area contributed by atoms with Gasteiger partial charge in [0, 0.05) is 11.4 Å². The van der Waals surface area contributed by atoms with E-state index >= 15 is 0 Å². The summed E-state index contributed by atoms with van der Waals surface area (Å²) in [6.07, 6.45) is 0. The first kappa shape index (κ1) is 9.98. The van der Waals surface area contributed by atoms with E-state index in [1.54, 1.807) is 23.5 Å². The molecule has 0 aliphatic heterocycles. The van der Waals surface area contributed by atoms with Gasteiger partial charge in [0.15, 0.2) is 0 Å². The van der Waals surface area contributed by atoms with E-state index in [2.05, 4.69) is 5.32 Å². The fraction of sp³-hybridized carbons (Fsp3) is 0.0909. The van der Waals surface area contributed by atoms with Crippen LogP contribution in [0.2, 0.25) is 0 Å². The van der Waals surface area contributed by atoms with Crippen molar-refractivity contribution < 1.29 is 4.39 Å². The molecule has 0 spiro atoms. The first-order valence-electron chi connectivity index (χ1n) is 4.57. The van der Waals surface area contributed by atoms with Crippen LogP contribution in [0.5, 0.6) is 0 Å². The van der Waals surface area contributed by atoms with Crippen LogP contribution in [0.25, 0.3) is 0 Å². The molecule has 2 rings (SSSR count). The summed E-state index contributed by atoms with van der Waals surface area (Å²) in [5, 5.41) is 5.11. The van der Waals surface area contributed by atoms with E-state index in [0.29, 0.717) is 12.2 Å². The number of halogens is 1. The third-order valence-electron chi connectivity index (χ3n) is 2.09. The summed E-state index contributed by atoms with van der Waals surface area (Å²) in [6, 6.07) is 8.77. The van der Waals surface area contributed by atoms with Gasteiger partial charge in [-0.25, -0.2) is 4.39 Å². The minimum atomic E-state index is -0.383. The lowest BCUT2D eigenvalue weighted by Crippen LogP contribution is -2.02. The smallest absolute Gasteiger partial charge is 0.148 e. The summed E-state index contributed by atoms with van der Waals surface area (Å²) in [7, 11) is 0. The SMILES string of the molecule is Nc1c(F)cccc1NCc1cccs1. The van der Waals surface area contributed by atoms with Gasteiger partial charge in [-0.2, -0.15) is 0 Å². The van der Waals surface area contributed by atoms with Crippen molar-refractivity contribution in [3.8, 4) is 0 Å². The van der Waals surface area contributed by atoms with Gasteiger partial charge >= 0.3 is 0 Å². The highest BCUT2D eigenvalue weighted by Gasteiger charge is 2.03. The quantitative estimate of drug-likeness (QED) is 0.783. The van der Waals surface area contributed by atoms with Crippen molar-refractivity contribution in [2.75, 3.05) is 11.1 Å². The molecule has 3 N–H and O–H groups in total. The molecule has 0 amide bonds. The highest BCUT2D eigenvalue weighted by molar-refractivity contribution is 7.09. The number of hydrogen-bond donors (Lipinski definition) is 2. The monoisotopic (exact) mass is 222 g/mol. The van der Waals surface area contributed by atoms with Crippen molar-refractivity contribution in [3.05, 3.63) is 46.4 Å². The second-order valence-corrected chi connectivity index (χ2v) is 4.17. The van der Waals surface area contributed by atoms with Crippen LogP contribution in [0.4, 0.5) is 15.8 Å². The number of nitrogens with two attached hydrogens (primary N) is 1. The van der Waals surface area contributed by atoms with Crippen molar-refractivity contribution in [2.24, 2.45) is 0 Å². The molecule has 0 unspecified atom stereocenters. The molecule has 4 heteroatoms. The van der Waals surface area contributed by atoms with Gasteiger partial charge in [-0.15, -0.1) is 11.3 Å². The molecule has 0 atom stereocenters. The number of rotatable bonds is 3. The van der Waals surface area contributed by atoms with Crippen LogP contribution in [0.1, 0.15) is 4.88 Å². The lowest BCUT2D eigenvalue weighted by molar-refractivity contribution is 0.633. The normalized spacial score (nSPS) is 10.2. The third kappa shape index (κ3) is 2.27. The minimum absolute atomic E-state index is 0.175. The minimum Gasteiger partial charge on any atom is -0.395 e. The predicted octanol–water partition coefficient (Wildman–Crippen LogP) is 3.08. The predicted molar refractivity (Wildman–Crippen MR) is 62.5 cm³/mol. The Bertz CT molecular complexity index is 440. The van der Waals surface area contributed by atoms with Crippen LogP contribution in [0.15, 0.2) is 35.7 Å². The molecule has 1 aromatic carbocycles. The van der Waals surface area contributed by atoms with Crippen LogP contribution in [0, 0.1) is 5.82 Å². The number of thiophene rings is 1. The zero-order chi connectivity index (χ0) is 10.7.